The zero-order chi connectivity index (χ0) is 14.0. The van der Waals surface area contributed by atoms with Crippen molar-refractivity contribution in [1.29, 1.82) is 0 Å². The number of rotatable bonds is 4. The van der Waals surface area contributed by atoms with Gasteiger partial charge < -0.3 is 4.42 Å². The summed E-state index contributed by atoms with van der Waals surface area (Å²) in [7, 11) is -3.33. The van der Waals surface area contributed by atoms with E-state index in [0.29, 0.717) is 11.3 Å². The summed E-state index contributed by atoms with van der Waals surface area (Å²) in [5.41, 5.74) is 0.765. The predicted octanol–water partition coefficient (Wildman–Crippen LogP) is 2.54. The lowest BCUT2D eigenvalue weighted by Gasteiger charge is -2.04. The van der Waals surface area contributed by atoms with Crippen molar-refractivity contribution in [1.82, 2.24) is 0 Å². The Morgan fingerprint density at radius 2 is 1.79 bits per heavy atom. The molecule has 0 unspecified atom stereocenters. The molecule has 0 spiro atoms. The minimum absolute atomic E-state index is 0.133. The van der Waals surface area contributed by atoms with Gasteiger partial charge in [0.05, 0.1) is 6.26 Å². The molecule has 2 aromatic rings. The second-order valence-electron chi connectivity index (χ2n) is 3.88. The van der Waals surface area contributed by atoms with Crippen LogP contribution in [-0.4, -0.2) is 20.5 Å². The van der Waals surface area contributed by atoms with Gasteiger partial charge in [-0.2, -0.15) is 0 Å². The fraction of sp³-hybridized carbons (Fsp3) is 0.0833. The number of furan rings is 1. The molecule has 1 aromatic carbocycles. The third-order valence-electron chi connectivity index (χ3n) is 2.25. The van der Waals surface area contributed by atoms with Crippen LogP contribution in [0.5, 0.6) is 0 Å². The van der Waals surface area contributed by atoms with E-state index in [9.17, 15) is 13.2 Å². The van der Waals surface area contributed by atoms with Crippen LogP contribution < -0.4 is 4.72 Å². The molecule has 19 heavy (non-hydrogen) atoms. The van der Waals surface area contributed by atoms with Gasteiger partial charge in [-0.15, -0.1) is 0 Å². The van der Waals surface area contributed by atoms with Gasteiger partial charge in [0.25, 0.3) is 0 Å². The number of benzene rings is 1. The van der Waals surface area contributed by atoms with Crippen LogP contribution in [0.15, 0.2) is 40.8 Å². The monoisotopic (exact) mass is 299 g/mol. The summed E-state index contributed by atoms with van der Waals surface area (Å²) in [5, 5.41) is 0.138. The van der Waals surface area contributed by atoms with Crippen LogP contribution in [0.4, 0.5) is 5.69 Å². The fourth-order valence-corrected chi connectivity index (χ4v) is 2.19. The Labute approximate surface area is 115 Å². The quantitative estimate of drug-likeness (QED) is 0.880. The van der Waals surface area contributed by atoms with Crippen molar-refractivity contribution in [2.75, 3.05) is 11.0 Å². The van der Waals surface area contributed by atoms with Gasteiger partial charge in [0, 0.05) is 11.3 Å². The Morgan fingerprint density at radius 1 is 1.16 bits per heavy atom. The van der Waals surface area contributed by atoms with Gasteiger partial charge in [-0.25, -0.2) is 8.42 Å². The first kappa shape index (κ1) is 13.6. The number of hydrogen-bond acceptors (Lipinski definition) is 4. The number of carbonyl (C=O) groups excluding carboxylic acids is 1. The van der Waals surface area contributed by atoms with Crippen LogP contribution in [0.3, 0.4) is 0 Å². The number of halogens is 1. The molecule has 0 radical (unpaired) electrons. The highest BCUT2D eigenvalue weighted by atomic mass is 35.5. The van der Waals surface area contributed by atoms with Gasteiger partial charge in [-0.3, -0.25) is 9.52 Å². The van der Waals surface area contributed by atoms with Crippen molar-refractivity contribution in [2.45, 2.75) is 0 Å². The molecule has 0 amide bonds. The average Bonchev–Trinajstić information content (AvgIpc) is 2.74. The fourth-order valence-electron chi connectivity index (χ4n) is 1.48. The molecule has 0 aliphatic heterocycles. The second kappa shape index (κ2) is 5.07. The van der Waals surface area contributed by atoms with Gasteiger partial charge in [-0.05, 0) is 48.0 Å². The Kier molecular flexibility index (Phi) is 3.64. The zero-order valence-corrected chi connectivity index (χ0v) is 11.5. The van der Waals surface area contributed by atoms with Crippen LogP contribution in [0.25, 0.3) is 0 Å². The molecule has 0 atom stereocenters. The first-order valence-electron chi connectivity index (χ1n) is 5.23. The predicted molar refractivity (Wildman–Crippen MR) is 72.1 cm³/mol. The molecule has 0 aliphatic rings. The highest BCUT2D eigenvalue weighted by Crippen LogP contribution is 2.18. The molecule has 1 aromatic heterocycles. The van der Waals surface area contributed by atoms with Crippen molar-refractivity contribution in [2.24, 2.45) is 0 Å². The largest absolute Gasteiger partial charge is 0.441 e. The number of carbonyl (C=O) groups is 1. The molecule has 0 saturated carbocycles. The molecule has 1 heterocycles. The van der Waals surface area contributed by atoms with Crippen molar-refractivity contribution in [3.63, 3.8) is 0 Å². The summed E-state index contributed by atoms with van der Waals surface area (Å²) in [5.74, 6) is -0.188. The molecule has 0 saturated heterocycles. The van der Waals surface area contributed by atoms with E-state index in [0.717, 1.165) is 6.26 Å². The molecular weight excluding hydrogens is 290 g/mol. The zero-order valence-electron chi connectivity index (χ0n) is 9.88. The van der Waals surface area contributed by atoms with E-state index in [1.165, 1.54) is 36.4 Å². The van der Waals surface area contributed by atoms with E-state index in [4.69, 9.17) is 16.0 Å². The van der Waals surface area contributed by atoms with Gasteiger partial charge in [0.15, 0.2) is 11.0 Å². The van der Waals surface area contributed by atoms with E-state index < -0.39 is 10.0 Å². The number of nitrogens with one attached hydrogen (secondary N) is 1. The SMILES string of the molecule is CS(=O)(=O)Nc1ccc(C(=O)c2ccc(Cl)o2)cc1. The van der Waals surface area contributed by atoms with E-state index in [1.54, 1.807) is 0 Å². The number of anilines is 1. The maximum atomic E-state index is 12.0. The topological polar surface area (TPSA) is 76.4 Å². The van der Waals surface area contributed by atoms with E-state index in [-0.39, 0.29) is 16.8 Å². The second-order valence-corrected chi connectivity index (χ2v) is 6.01. The number of ketones is 1. The smallest absolute Gasteiger partial charge is 0.229 e. The third-order valence-corrected chi connectivity index (χ3v) is 3.06. The first-order chi connectivity index (χ1) is 8.85. The molecule has 5 nitrogen and oxygen atoms in total. The van der Waals surface area contributed by atoms with Crippen LogP contribution in [0.2, 0.25) is 5.22 Å². The van der Waals surface area contributed by atoms with Crippen LogP contribution >= 0.6 is 11.6 Å². The summed E-state index contributed by atoms with van der Waals surface area (Å²) in [4.78, 5) is 12.0. The van der Waals surface area contributed by atoms with Gasteiger partial charge in [0.1, 0.15) is 0 Å². The highest BCUT2D eigenvalue weighted by Gasteiger charge is 2.13. The van der Waals surface area contributed by atoms with Crippen LogP contribution in [0.1, 0.15) is 16.1 Å². The summed E-state index contributed by atoms with van der Waals surface area (Å²) in [6.45, 7) is 0. The summed E-state index contributed by atoms with van der Waals surface area (Å²) in [6, 6.07) is 8.97. The molecule has 0 aliphatic carbocycles. The van der Waals surface area contributed by atoms with Crippen molar-refractivity contribution in [3.05, 3.63) is 52.9 Å². The standard InChI is InChI=1S/C12H10ClNO4S/c1-19(16,17)14-9-4-2-8(3-5-9)12(15)10-6-7-11(13)18-10/h2-7,14H,1H3. The molecule has 0 fully saturated rings. The summed E-state index contributed by atoms with van der Waals surface area (Å²) < 4.78 is 29.4. The lowest BCUT2D eigenvalue weighted by Crippen LogP contribution is -2.09. The van der Waals surface area contributed by atoms with Crippen molar-refractivity contribution < 1.29 is 17.6 Å². The molecular formula is C12H10ClNO4S. The molecule has 7 heteroatoms. The highest BCUT2D eigenvalue weighted by molar-refractivity contribution is 7.92. The lowest BCUT2D eigenvalue weighted by atomic mass is 10.1. The average molecular weight is 300 g/mol. The first-order valence-corrected chi connectivity index (χ1v) is 7.50. The van der Waals surface area contributed by atoms with E-state index in [2.05, 4.69) is 4.72 Å². The number of sulfonamides is 1. The van der Waals surface area contributed by atoms with Gasteiger partial charge >= 0.3 is 0 Å². The lowest BCUT2D eigenvalue weighted by molar-refractivity contribution is 0.101. The van der Waals surface area contributed by atoms with Crippen molar-refractivity contribution in [3.8, 4) is 0 Å². The Balaban J connectivity index is 2.21. The Bertz CT molecular complexity index is 704. The number of hydrogen-bond donors (Lipinski definition) is 1. The van der Waals surface area contributed by atoms with Crippen LogP contribution in [0, 0.1) is 0 Å². The van der Waals surface area contributed by atoms with Crippen molar-refractivity contribution >= 4 is 33.1 Å². The third kappa shape index (κ3) is 3.59. The maximum Gasteiger partial charge on any atom is 0.229 e. The minimum atomic E-state index is -3.33. The maximum absolute atomic E-state index is 12.0. The van der Waals surface area contributed by atoms with Gasteiger partial charge in [0.2, 0.25) is 15.8 Å². The van der Waals surface area contributed by atoms with Crippen LogP contribution in [-0.2, 0) is 10.0 Å². The van der Waals surface area contributed by atoms with E-state index in [1.807, 2.05) is 0 Å². The van der Waals surface area contributed by atoms with E-state index >= 15 is 0 Å². The summed E-state index contributed by atoms with van der Waals surface area (Å²) >= 11 is 5.59. The molecule has 100 valence electrons. The molecule has 2 rings (SSSR count). The summed E-state index contributed by atoms with van der Waals surface area (Å²) in [6.07, 6.45) is 1.05. The Hall–Kier alpha value is -1.79. The normalized spacial score (nSPS) is 11.3. The minimum Gasteiger partial charge on any atom is -0.441 e. The molecule has 0 bridgehead atoms. The molecule has 1 N–H and O–H groups in total. The Morgan fingerprint density at radius 3 is 2.26 bits per heavy atom. The van der Waals surface area contributed by atoms with Gasteiger partial charge in [-0.1, -0.05) is 0 Å².